The number of anilines is 1. The van der Waals surface area contributed by atoms with Crippen molar-refractivity contribution in [1.82, 2.24) is 0 Å². The summed E-state index contributed by atoms with van der Waals surface area (Å²) in [5.41, 5.74) is 1.49. The van der Waals surface area contributed by atoms with Gasteiger partial charge < -0.3 is 15.5 Å². The van der Waals surface area contributed by atoms with Gasteiger partial charge in [0.25, 0.3) is 5.91 Å². The maximum absolute atomic E-state index is 12.1. The lowest BCUT2D eigenvalue weighted by Crippen LogP contribution is -2.21. The van der Waals surface area contributed by atoms with Gasteiger partial charge in [0.05, 0.1) is 0 Å². The zero-order valence-electron chi connectivity index (χ0n) is 11.1. The Labute approximate surface area is 131 Å². The number of nitrogens with one attached hydrogen (secondary N) is 1. The van der Waals surface area contributed by atoms with Crippen molar-refractivity contribution >= 4 is 34.8 Å². The van der Waals surface area contributed by atoms with Crippen molar-refractivity contribution in [2.75, 3.05) is 5.32 Å². The van der Waals surface area contributed by atoms with Gasteiger partial charge >= 0.3 is 0 Å². The summed E-state index contributed by atoms with van der Waals surface area (Å²) in [5.74, 6) is -0.505. The number of aliphatic hydroxyl groups excluding tert-OH is 1. The highest BCUT2D eigenvalue weighted by Crippen LogP contribution is 2.26. The molecule has 0 heterocycles. The van der Waals surface area contributed by atoms with Crippen molar-refractivity contribution in [3.8, 4) is 5.75 Å². The fraction of sp³-hybridized carbons (Fsp3) is 0.133. The Morgan fingerprint density at radius 2 is 1.76 bits per heavy atom. The molecule has 0 aliphatic rings. The number of benzene rings is 2. The Bertz CT molecular complexity index is 668. The van der Waals surface area contributed by atoms with Crippen LogP contribution in [0.15, 0.2) is 36.4 Å². The topological polar surface area (TPSA) is 69.6 Å². The van der Waals surface area contributed by atoms with Crippen molar-refractivity contribution in [3.63, 3.8) is 0 Å². The molecule has 0 aliphatic carbocycles. The van der Waals surface area contributed by atoms with Gasteiger partial charge in [0.1, 0.15) is 5.75 Å². The molecule has 4 nitrogen and oxygen atoms in total. The van der Waals surface area contributed by atoms with Gasteiger partial charge in [0, 0.05) is 15.7 Å². The first kappa shape index (κ1) is 15.6. The van der Waals surface area contributed by atoms with E-state index in [2.05, 4.69) is 5.32 Å². The van der Waals surface area contributed by atoms with Crippen LogP contribution in [0, 0.1) is 6.92 Å². The van der Waals surface area contributed by atoms with Crippen LogP contribution in [0.5, 0.6) is 5.75 Å². The molecule has 2 rings (SSSR count). The average molecular weight is 326 g/mol. The maximum Gasteiger partial charge on any atom is 0.257 e. The highest BCUT2D eigenvalue weighted by molar-refractivity contribution is 6.34. The Morgan fingerprint density at radius 3 is 2.33 bits per heavy atom. The van der Waals surface area contributed by atoms with Crippen LogP contribution in [0.3, 0.4) is 0 Å². The second-order valence-corrected chi connectivity index (χ2v) is 5.47. The predicted octanol–water partition coefficient (Wildman–Crippen LogP) is 3.68. The van der Waals surface area contributed by atoms with Gasteiger partial charge in [-0.2, -0.15) is 0 Å². The Kier molecular flexibility index (Phi) is 4.73. The molecule has 6 heteroatoms. The molecule has 0 radical (unpaired) electrons. The van der Waals surface area contributed by atoms with E-state index in [9.17, 15) is 15.0 Å². The molecule has 1 amide bonds. The summed E-state index contributed by atoms with van der Waals surface area (Å²) in [5, 5.41) is 22.7. The third-order valence-corrected chi connectivity index (χ3v) is 3.35. The standard InChI is InChI=1S/C15H13Cl2NO3/c1-8-4-12(19)2-3-13(8)18-15(21)14(20)9-5-10(16)7-11(17)6-9/h2-7,14,19-20H,1H3,(H,18,21). The number of aryl methyl sites for hydroxylation is 1. The van der Waals surface area contributed by atoms with E-state index in [1.54, 1.807) is 13.0 Å². The van der Waals surface area contributed by atoms with E-state index in [1.165, 1.54) is 30.3 Å². The number of hydrogen-bond donors (Lipinski definition) is 3. The van der Waals surface area contributed by atoms with Crippen molar-refractivity contribution in [2.24, 2.45) is 0 Å². The van der Waals surface area contributed by atoms with Crippen LogP contribution in [0.25, 0.3) is 0 Å². The zero-order chi connectivity index (χ0) is 15.6. The number of carbonyl (C=O) groups excluding carboxylic acids is 1. The molecule has 1 unspecified atom stereocenters. The number of amides is 1. The minimum atomic E-state index is -1.39. The smallest absolute Gasteiger partial charge is 0.257 e. The van der Waals surface area contributed by atoms with Gasteiger partial charge in [-0.05, 0) is 54.4 Å². The van der Waals surface area contributed by atoms with Gasteiger partial charge in [-0.15, -0.1) is 0 Å². The largest absolute Gasteiger partial charge is 0.508 e. The normalized spacial score (nSPS) is 12.0. The van der Waals surface area contributed by atoms with E-state index >= 15 is 0 Å². The van der Waals surface area contributed by atoms with Crippen molar-refractivity contribution in [2.45, 2.75) is 13.0 Å². The first-order valence-corrected chi connectivity index (χ1v) is 6.87. The molecule has 0 aliphatic heterocycles. The number of aromatic hydroxyl groups is 1. The van der Waals surface area contributed by atoms with Gasteiger partial charge in [-0.25, -0.2) is 0 Å². The first-order valence-electron chi connectivity index (χ1n) is 6.11. The second kappa shape index (κ2) is 6.35. The molecule has 0 saturated carbocycles. The van der Waals surface area contributed by atoms with Crippen LogP contribution in [-0.4, -0.2) is 16.1 Å². The third-order valence-electron chi connectivity index (χ3n) is 2.92. The molecular weight excluding hydrogens is 313 g/mol. The van der Waals surface area contributed by atoms with Gasteiger partial charge in [0.15, 0.2) is 6.10 Å². The highest BCUT2D eigenvalue weighted by atomic mass is 35.5. The lowest BCUT2D eigenvalue weighted by molar-refractivity contribution is -0.124. The lowest BCUT2D eigenvalue weighted by atomic mass is 10.1. The first-order chi connectivity index (χ1) is 9.86. The van der Waals surface area contributed by atoms with Crippen LogP contribution in [0.4, 0.5) is 5.69 Å². The Balaban J connectivity index is 2.19. The quantitative estimate of drug-likeness (QED) is 0.754. The van der Waals surface area contributed by atoms with Crippen molar-refractivity contribution < 1.29 is 15.0 Å². The van der Waals surface area contributed by atoms with Gasteiger partial charge in [-0.3, -0.25) is 4.79 Å². The Morgan fingerprint density at radius 1 is 1.14 bits per heavy atom. The molecule has 2 aromatic rings. The summed E-state index contributed by atoms with van der Waals surface area (Å²) < 4.78 is 0. The molecular formula is C15H13Cl2NO3. The SMILES string of the molecule is Cc1cc(O)ccc1NC(=O)C(O)c1cc(Cl)cc(Cl)c1. The van der Waals surface area contributed by atoms with E-state index < -0.39 is 12.0 Å². The molecule has 21 heavy (non-hydrogen) atoms. The lowest BCUT2D eigenvalue weighted by Gasteiger charge is -2.14. The number of phenols is 1. The second-order valence-electron chi connectivity index (χ2n) is 4.59. The number of carbonyl (C=O) groups is 1. The summed E-state index contributed by atoms with van der Waals surface area (Å²) in [6, 6.07) is 8.98. The monoisotopic (exact) mass is 325 g/mol. The number of rotatable bonds is 3. The van der Waals surface area contributed by atoms with E-state index in [0.29, 0.717) is 26.9 Å². The molecule has 3 N–H and O–H groups in total. The molecule has 0 bridgehead atoms. The summed E-state index contributed by atoms with van der Waals surface area (Å²) in [6.07, 6.45) is -1.39. The predicted molar refractivity (Wildman–Crippen MR) is 82.9 cm³/mol. The van der Waals surface area contributed by atoms with E-state index in [0.717, 1.165) is 0 Å². The van der Waals surface area contributed by atoms with Crippen LogP contribution < -0.4 is 5.32 Å². The maximum atomic E-state index is 12.1. The minimum Gasteiger partial charge on any atom is -0.508 e. The van der Waals surface area contributed by atoms with E-state index in [4.69, 9.17) is 23.2 Å². The summed E-state index contributed by atoms with van der Waals surface area (Å²) in [4.78, 5) is 12.1. The molecule has 1 atom stereocenters. The number of aliphatic hydroxyl groups is 1. The molecule has 2 aromatic carbocycles. The summed E-state index contributed by atoms with van der Waals surface area (Å²) in [7, 11) is 0. The van der Waals surface area contributed by atoms with Gasteiger partial charge in [0.2, 0.25) is 0 Å². The fourth-order valence-electron chi connectivity index (χ4n) is 1.87. The summed E-state index contributed by atoms with van der Waals surface area (Å²) in [6.45, 7) is 1.73. The minimum absolute atomic E-state index is 0.104. The summed E-state index contributed by atoms with van der Waals surface area (Å²) >= 11 is 11.7. The molecule has 0 spiro atoms. The number of halogens is 2. The third kappa shape index (κ3) is 3.88. The van der Waals surface area contributed by atoms with Crippen molar-refractivity contribution in [3.05, 3.63) is 57.6 Å². The zero-order valence-corrected chi connectivity index (χ0v) is 12.6. The van der Waals surface area contributed by atoms with Crippen LogP contribution in [-0.2, 0) is 4.79 Å². The molecule has 0 saturated heterocycles. The fourth-order valence-corrected chi connectivity index (χ4v) is 2.42. The van der Waals surface area contributed by atoms with Crippen molar-refractivity contribution in [1.29, 1.82) is 0 Å². The highest BCUT2D eigenvalue weighted by Gasteiger charge is 2.19. The van der Waals surface area contributed by atoms with Crippen LogP contribution >= 0.6 is 23.2 Å². The molecule has 0 fully saturated rings. The molecule has 110 valence electrons. The van der Waals surface area contributed by atoms with Crippen LogP contribution in [0.1, 0.15) is 17.2 Å². The van der Waals surface area contributed by atoms with Gasteiger partial charge in [-0.1, -0.05) is 23.2 Å². The molecule has 0 aromatic heterocycles. The van der Waals surface area contributed by atoms with E-state index in [-0.39, 0.29) is 5.75 Å². The average Bonchev–Trinajstić information content (AvgIpc) is 2.40. The van der Waals surface area contributed by atoms with E-state index in [1.807, 2.05) is 0 Å². The number of phenolic OH excluding ortho intramolecular Hbond substituents is 1. The number of hydrogen-bond acceptors (Lipinski definition) is 3. The Hall–Kier alpha value is -1.75. The van der Waals surface area contributed by atoms with Crippen LogP contribution in [0.2, 0.25) is 10.0 Å².